The molecule has 0 bridgehead atoms. The predicted octanol–water partition coefficient (Wildman–Crippen LogP) is 4.00. The number of carbonyl (C=O) groups is 2. The van der Waals surface area contributed by atoms with E-state index in [0.29, 0.717) is 11.3 Å². The predicted molar refractivity (Wildman–Crippen MR) is 119 cm³/mol. The minimum Gasteiger partial charge on any atom is -0.452 e. The highest BCUT2D eigenvalue weighted by atomic mass is 19.3. The van der Waals surface area contributed by atoms with E-state index in [1.54, 1.807) is 12.1 Å². The van der Waals surface area contributed by atoms with Crippen LogP contribution in [0.1, 0.15) is 35.2 Å². The van der Waals surface area contributed by atoms with E-state index in [1.807, 2.05) is 4.90 Å². The smallest absolute Gasteiger partial charge is 0.387 e. The van der Waals surface area contributed by atoms with Crippen LogP contribution in [0.4, 0.5) is 20.2 Å². The molecule has 11 heteroatoms. The number of carbonyl (C=O) groups excluding carboxylic acids is 2. The first-order valence-corrected chi connectivity index (χ1v) is 10.7. The summed E-state index contributed by atoms with van der Waals surface area (Å²) in [6, 6.07) is 9.87. The van der Waals surface area contributed by atoms with Gasteiger partial charge in [0.15, 0.2) is 6.61 Å². The molecule has 0 unspecified atom stereocenters. The van der Waals surface area contributed by atoms with E-state index < -0.39 is 30.0 Å². The molecular formula is C23H25F2N3O6. The number of amides is 1. The number of non-ortho nitro benzene ring substituents is 1. The molecule has 0 spiro atoms. The number of esters is 1. The molecule has 0 N–H and O–H groups in total. The average molecular weight is 477 g/mol. The number of benzene rings is 2. The zero-order valence-electron chi connectivity index (χ0n) is 18.6. The lowest BCUT2D eigenvalue weighted by molar-refractivity contribution is -0.384. The fourth-order valence-electron chi connectivity index (χ4n) is 3.67. The van der Waals surface area contributed by atoms with Crippen molar-refractivity contribution in [2.75, 3.05) is 31.6 Å². The number of likely N-dealkylation sites (N-methyl/N-ethyl adjacent to an activating group) is 1. The number of nitro groups is 1. The molecule has 1 aliphatic rings. The Morgan fingerprint density at radius 3 is 2.41 bits per heavy atom. The van der Waals surface area contributed by atoms with E-state index in [9.17, 15) is 28.5 Å². The molecule has 0 aromatic heterocycles. The highest BCUT2D eigenvalue weighted by Gasteiger charge is 2.24. The highest BCUT2D eigenvalue weighted by Crippen LogP contribution is 2.28. The standard InChI is InChI=1S/C23H25F2N3O6/c1-26(14-16-5-8-18(9-6-16)34-23(24)25)21(29)15-33-22(30)19-13-17(28(31)32)7-10-20(19)27-11-3-2-4-12-27/h5-10,13,23H,2-4,11-12,14-15H2,1H3. The summed E-state index contributed by atoms with van der Waals surface area (Å²) < 4.78 is 34.0. The first kappa shape index (κ1) is 24.9. The van der Waals surface area contributed by atoms with Crippen LogP contribution in [-0.2, 0) is 16.1 Å². The molecule has 1 fully saturated rings. The first-order chi connectivity index (χ1) is 16.2. The maximum atomic E-state index is 12.8. The van der Waals surface area contributed by atoms with Gasteiger partial charge in [0, 0.05) is 38.8 Å². The van der Waals surface area contributed by atoms with Gasteiger partial charge in [0.2, 0.25) is 0 Å². The quantitative estimate of drug-likeness (QED) is 0.306. The van der Waals surface area contributed by atoms with Crippen molar-refractivity contribution < 1.29 is 32.8 Å². The van der Waals surface area contributed by atoms with Crippen molar-refractivity contribution in [2.45, 2.75) is 32.4 Å². The molecule has 0 radical (unpaired) electrons. The number of halogens is 2. The van der Waals surface area contributed by atoms with Gasteiger partial charge in [-0.1, -0.05) is 12.1 Å². The molecule has 3 rings (SSSR count). The zero-order chi connectivity index (χ0) is 24.7. The van der Waals surface area contributed by atoms with Crippen LogP contribution in [0, 0.1) is 10.1 Å². The fraction of sp³-hybridized carbons (Fsp3) is 0.391. The first-order valence-electron chi connectivity index (χ1n) is 10.7. The third-order valence-electron chi connectivity index (χ3n) is 5.43. The van der Waals surface area contributed by atoms with Crippen LogP contribution in [-0.4, -0.2) is 55.1 Å². The Kier molecular flexibility index (Phi) is 8.34. The van der Waals surface area contributed by atoms with Gasteiger partial charge >= 0.3 is 12.6 Å². The Hall–Kier alpha value is -3.76. The third kappa shape index (κ3) is 6.63. The number of rotatable bonds is 9. The van der Waals surface area contributed by atoms with Crippen molar-refractivity contribution >= 4 is 23.3 Å². The number of nitro benzene ring substituents is 1. The lowest BCUT2D eigenvalue weighted by Crippen LogP contribution is -2.32. The second-order valence-corrected chi connectivity index (χ2v) is 7.85. The van der Waals surface area contributed by atoms with Gasteiger partial charge in [-0.2, -0.15) is 8.78 Å². The molecule has 2 aromatic rings. The van der Waals surface area contributed by atoms with E-state index >= 15 is 0 Å². The van der Waals surface area contributed by atoms with Crippen molar-refractivity contribution in [2.24, 2.45) is 0 Å². The minimum absolute atomic E-state index is 0.00289. The number of anilines is 1. The van der Waals surface area contributed by atoms with Crippen LogP contribution in [0.15, 0.2) is 42.5 Å². The lowest BCUT2D eigenvalue weighted by atomic mass is 10.1. The second-order valence-electron chi connectivity index (χ2n) is 7.85. The Labute approximate surface area is 195 Å². The van der Waals surface area contributed by atoms with E-state index in [-0.39, 0.29) is 23.5 Å². The minimum atomic E-state index is -2.92. The zero-order valence-corrected chi connectivity index (χ0v) is 18.6. The summed E-state index contributed by atoms with van der Waals surface area (Å²) in [7, 11) is 1.51. The highest BCUT2D eigenvalue weighted by molar-refractivity contribution is 5.97. The van der Waals surface area contributed by atoms with E-state index in [0.717, 1.165) is 32.4 Å². The summed E-state index contributed by atoms with van der Waals surface area (Å²) in [5.41, 5.74) is 1.01. The topological polar surface area (TPSA) is 102 Å². The SMILES string of the molecule is CN(Cc1ccc(OC(F)F)cc1)C(=O)COC(=O)c1cc([N+](=O)[O-])ccc1N1CCCCC1. The average Bonchev–Trinajstić information content (AvgIpc) is 2.83. The van der Waals surface area contributed by atoms with Gasteiger partial charge in [-0.3, -0.25) is 14.9 Å². The molecule has 182 valence electrons. The van der Waals surface area contributed by atoms with Crippen molar-refractivity contribution in [1.29, 1.82) is 0 Å². The van der Waals surface area contributed by atoms with Crippen LogP contribution in [0.2, 0.25) is 0 Å². The monoisotopic (exact) mass is 477 g/mol. The molecule has 1 heterocycles. The molecule has 1 saturated heterocycles. The van der Waals surface area contributed by atoms with Gasteiger partial charge in [0.05, 0.1) is 16.2 Å². The summed E-state index contributed by atoms with van der Waals surface area (Å²) in [5.74, 6) is -1.31. The van der Waals surface area contributed by atoms with E-state index in [2.05, 4.69) is 4.74 Å². The molecule has 1 amide bonds. The van der Waals surface area contributed by atoms with Crippen LogP contribution < -0.4 is 9.64 Å². The summed E-state index contributed by atoms with van der Waals surface area (Å²) >= 11 is 0. The number of piperidine rings is 1. The molecule has 34 heavy (non-hydrogen) atoms. The summed E-state index contributed by atoms with van der Waals surface area (Å²) in [6.45, 7) is -1.88. The summed E-state index contributed by atoms with van der Waals surface area (Å²) in [4.78, 5) is 39.2. The summed E-state index contributed by atoms with van der Waals surface area (Å²) in [5, 5.41) is 11.2. The van der Waals surface area contributed by atoms with E-state index in [4.69, 9.17) is 4.74 Å². The number of hydrogen-bond donors (Lipinski definition) is 0. The maximum absolute atomic E-state index is 12.8. The normalized spacial score (nSPS) is 13.5. The number of ether oxygens (including phenoxy) is 2. The van der Waals surface area contributed by atoms with Crippen LogP contribution >= 0.6 is 0 Å². The Morgan fingerprint density at radius 2 is 1.79 bits per heavy atom. The molecule has 0 saturated carbocycles. The van der Waals surface area contributed by atoms with Crippen molar-refractivity contribution in [3.8, 4) is 5.75 Å². The van der Waals surface area contributed by atoms with Crippen molar-refractivity contribution in [1.82, 2.24) is 4.90 Å². The van der Waals surface area contributed by atoms with Crippen molar-refractivity contribution in [3.05, 3.63) is 63.7 Å². The van der Waals surface area contributed by atoms with Gasteiger partial charge in [0.1, 0.15) is 5.75 Å². The van der Waals surface area contributed by atoms with E-state index in [1.165, 1.54) is 42.3 Å². The Bertz CT molecular complexity index is 1030. The van der Waals surface area contributed by atoms with Crippen molar-refractivity contribution in [3.63, 3.8) is 0 Å². The van der Waals surface area contributed by atoms with Crippen LogP contribution in [0.3, 0.4) is 0 Å². The molecular weight excluding hydrogens is 452 g/mol. The summed E-state index contributed by atoms with van der Waals surface area (Å²) in [6.07, 6.45) is 2.97. The second kappa shape index (κ2) is 11.4. The van der Waals surface area contributed by atoms with Gasteiger partial charge < -0.3 is 19.3 Å². The Morgan fingerprint density at radius 1 is 1.12 bits per heavy atom. The van der Waals surface area contributed by atoms with Crippen LogP contribution in [0.5, 0.6) is 5.75 Å². The third-order valence-corrected chi connectivity index (χ3v) is 5.43. The molecule has 1 aliphatic heterocycles. The van der Waals surface area contributed by atoms with Crippen LogP contribution in [0.25, 0.3) is 0 Å². The number of alkyl halides is 2. The molecule has 2 aromatic carbocycles. The van der Waals surface area contributed by atoms with Gasteiger partial charge in [-0.15, -0.1) is 0 Å². The fourth-order valence-corrected chi connectivity index (χ4v) is 3.67. The number of hydrogen-bond acceptors (Lipinski definition) is 7. The molecule has 9 nitrogen and oxygen atoms in total. The molecule has 0 atom stereocenters. The maximum Gasteiger partial charge on any atom is 0.387 e. The number of nitrogens with zero attached hydrogens (tertiary/aromatic N) is 3. The molecule has 0 aliphatic carbocycles. The lowest BCUT2D eigenvalue weighted by Gasteiger charge is -2.30. The van der Waals surface area contributed by atoms with Gasteiger partial charge in [0.25, 0.3) is 11.6 Å². The Balaban J connectivity index is 1.63. The largest absolute Gasteiger partial charge is 0.452 e. The van der Waals surface area contributed by atoms with Gasteiger partial charge in [-0.05, 0) is 43.0 Å². The van der Waals surface area contributed by atoms with Gasteiger partial charge in [-0.25, -0.2) is 4.79 Å².